The fraction of sp³-hybridized carbons (Fsp3) is 0.348. The molecule has 2 aliphatic heterocycles. The van der Waals surface area contributed by atoms with Crippen LogP contribution in [-0.4, -0.2) is 47.3 Å². The Labute approximate surface area is 166 Å². The number of nitrogens with one attached hydrogen (secondary N) is 1. The molecule has 0 unspecified atom stereocenters. The van der Waals surface area contributed by atoms with Crippen LogP contribution in [0.25, 0.3) is 11.1 Å². The minimum atomic E-state index is -0.00140. The maximum absolute atomic E-state index is 12.8. The molecule has 0 aliphatic carbocycles. The number of nitrogens with zero attached hydrogens (tertiary/aromatic N) is 3. The molecule has 0 bridgehead atoms. The van der Waals surface area contributed by atoms with Crippen LogP contribution in [0.4, 0.5) is 0 Å². The zero-order chi connectivity index (χ0) is 19.3. The number of piperidine rings is 1. The van der Waals surface area contributed by atoms with Crippen LogP contribution in [-0.2, 0) is 0 Å². The Balaban J connectivity index is 1.39. The first kappa shape index (κ1) is 18.4. The number of benzene rings is 1. The summed E-state index contributed by atoms with van der Waals surface area (Å²) < 4.78 is 0. The fourth-order valence-corrected chi connectivity index (χ4v) is 3.82. The van der Waals surface area contributed by atoms with Gasteiger partial charge >= 0.3 is 0 Å². The number of pyridine rings is 1. The Hall–Kier alpha value is -2.95. The summed E-state index contributed by atoms with van der Waals surface area (Å²) in [7, 11) is 0. The molecule has 1 aromatic heterocycles. The van der Waals surface area contributed by atoms with Gasteiger partial charge in [0.2, 0.25) is 0 Å². The maximum atomic E-state index is 12.8. The summed E-state index contributed by atoms with van der Waals surface area (Å²) in [6.45, 7) is 4.81. The average Bonchev–Trinajstić information content (AvgIpc) is 2.76. The number of carbonyl (C=O) groups is 1. The lowest BCUT2D eigenvalue weighted by molar-refractivity contribution is 0.0922. The minimum absolute atomic E-state index is 0.00140. The lowest BCUT2D eigenvalue weighted by atomic mass is 9.98. The summed E-state index contributed by atoms with van der Waals surface area (Å²) in [4.78, 5) is 23.9. The largest absolute Gasteiger partial charge is 0.357 e. The van der Waals surface area contributed by atoms with Crippen molar-refractivity contribution in [3.8, 4) is 11.1 Å². The standard InChI is InChI=1S/C23H26N4O/c1-17-7-8-18(15-21(17)19-5-4-11-24-16-19)23(28)26-20-9-13-27(14-10-20)22-6-2-3-12-25-22/h2,4-8,11,15-16,20H,3,9-10,12-14H2,1H3,(H,26,28). The normalized spacial score (nSPS) is 17.3. The number of dihydropyridines is 1. The average molecular weight is 374 g/mol. The van der Waals surface area contributed by atoms with E-state index in [-0.39, 0.29) is 11.9 Å². The molecular formula is C23H26N4O. The van der Waals surface area contributed by atoms with E-state index in [4.69, 9.17) is 0 Å². The van der Waals surface area contributed by atoms with Crippen molar-refractivity contribution in [1.29, 1.82) is 0 Å². The molecule has 0 saturated carbocycles. The summed E-state index contributed by atoms with van der Waals surface area (Å²) >= 11 is 0. The predicted molar refractivity (Wildman–Crippen MR) is 113 cm³/mol. The number of hydrogen-bond acceptors (Lipinski definition) is 4. The third-order valence-corrected chi connectivity index (χ3v) is 5.46. The highest BCUT2D eigenvalue weighted by molar-refractivity contribution is 5.96. The number of carbonyl (C=O) groups excluding carboxylic acids is 1. The van der Waals surface area contributed by atoms with E-state index >= 15 is 0 Å². The monoisotopic (exact) mass is 374 g/mol. The van der Waals surface area contributed by atoms with Gasteiger partial charge in [0.1, 0.15) is 5.84 Å². The highest BCUT2D eigenvalue weighted by atomic mass is 16.1. The van der Waals surface area contributed by atoms with Gasteiger partial charge in [-0.05, 0) is 61.6 Å². The zero-order valence-electron chi connectivity index (χ0n) is 16.3. The van der Waals surface area contributed by atoms with E-state index in [9.17, 15) is 4.79 Å². The highest BCUT2D eigenvalue weighted by Gasteiger charge is 2.23. The first-order valence-corrected chi connectivity index (χ1v) is 9.98. The molecule has 0 radical (unpaired) electrons. The molecule has 3 heterocycles. The molecule has 1 N–H and O–H groups in total. The van der Waals surface area contributed by atoms with Crippen LogP contribution in [0.2, 0.25) is 0 Å². The molecule has 1 fully saturated rings. The van der Waals surface area contributed by atoms with Crippen LogP contribution in [0, 0.1) is 6.92 Å². The molecule has 5 nitrogen and oxygen atoms in total. The van der Waals surface area contributed by atoms with Gasteiger partial charge < -0.3 is 10.2 Å². The lowest BCUT2D eigenvalue weighted by Gasteiger charge is -2.34. The quantitative estimate of drug-likeness (QED) is 0.893. The minimum Gasteiger partial charge on any atom is -0.357 e. The van der Waals surface area contributed by atoms with Gasteiger partial charge in [0.05, 0.1) is 0 Å². The van der Waals surface area contributed by atoms with E-state index in [1.165, 1.54) is 0 Å². The van der Waals surface area contributed by atoms with Gasteiger partial charge in [-0.2, -0.15) is 0 Å². The molecule has 1 amide bonds. The Morgan fingerprint density at radius 3 is 2.79 bits per heavy atom. The lowest BCUT2D eigenvalue weighted by Crippen LogP contribution is -2.46. The van der Waals surface area contributed by atoms with Crippen molar-refractivity contribution in [2.24, 2.45) is 4.99 Å². The molecule has 5 heteroatoms. The first-order chi connectivity index (χ1) is 13.7. The molecule has 1 aromatic carbocycles. The second-order valence-corrected chi connectivity index (χ2v) is 7.44. The summed E-state index contributed by atoms with van der Waals surface area (Å²) in [5, 5.41) is 3.22. The molecule has 1 saturated heterocycles. The van der Waals surface area contributed by atoms with E-state index in [2.05, 4.69) is 39.3 Å². The molecule has 2 aromatic rings. The van der Waals surface area contributed by atoms with Gasteiger partial charge in [-0.1, -0.05) is 18.2 Å². The zero-order valence-corrected chi connectivity index (χ0v) is 16.3. The van der Waals surface area contributed by atoms with Gasteiger partial charge in [-0.15, -0.1) is 0 Å². The van der Waals surface area contributed by atoms with Crippen molar-refractivity contribution in [2.45, 2.75) is 32.2 Å². The third kappa shape index (κ3) is 4.14. The molecule has 4 rings (SSSR count). The summed E-state index contributed by atoms with van der Waals surface area (Å²) in [6, 6.07) is 10.0. The second kappa shape index (κ2) is 8.38. The smallest absolute Gasteiger partial charge is 0.251 e. The molecule has 28 heavy (non-hydrogen) atoms. The topological polar surface area (TPSA) is 57.6 Å². The van der Waals surface area contributed by atoms with Crippen molar-refractivity contribution in [3.05, 3.63) is 66.0 Å². The second-order valence-electron chi connectivity index (χ2n) is 7.44. The molecule has 0 atom stereocenters. The van der Waals surface area contributed by atoms with Crippen molar-refractivity contribution >= 4 is 11.7 Å². The number of aromatic nitrogens is 1. The van der Waals surface area contributed by atoms with Crippen LogP contribution in [0.15, 0.2) is 59.9 Å². The van der Waals surface area contributed by atoms with Crippen LogP contribution in [0.1, 0.15) is 35.2 Å². The highest BCUT2D eigenvalue weighted by Crippen LogP contribution is 2.24. The van der Waals surface area contributed by atoms with E-state index < -0.39 is 0 Å². The maximum Gasteiger partial charge on any atom is 0.251 e. The molecule has 2 aliphatic rings. The number of amides is 1. The Morgan fingerprint density at radius 2 is 2.07 bits per heavy atom. The van der Waals surface area contributed by atoms with Crippen LogP contribution >= 0.6 is 0 Å². The van der Waals surface area contributed by atoms with E-state index in [1.54, 1.807) is 6.20 Å². The first-order valence-electron chi connectivity index (χ1n) is 9.98. The molecule has 0 spiro atoms. The number of hydrogen-bond donors (Lipinski definition) is 1. The van der Waals surface area contributed by atoms with Crippen molar-refractivity contribution in [3.63, 3.8) is 0 Å². The molecule has 144 valence electrons. The summed E-state index contributed by atoms with van der Waals surface area (Å²) in [6.07, 6.45) is 10.8. The molecular weight excluding hydrogens is 348 g/mol. The van der Waals surface area contributed by atoms with Gasteiger partial charge in [0, 0.05) is 49.2 Å². The van der Waals surface area contributed by atoms with Gasteiger partial charge in [0.15, 0.2) is 0 Å². The third-order valence-electron chi connectivity index (χ3n) is 5.46. The van der Waals surface area contributed by atoms with E-state index in [0.717, 1.165) is 61.4 Å². The van der Waals surface area contributed by atoms with E-state index in [0.29, 0.717) is 5.56 Å². The predicted octanol–water partition coefficient (Wildman–Crippen LogP) is 3.61. The van der Waals surface area contributed by atoms with Crippen molar-refractivity contribution in [2.75, 3.05) is 19.6 Å². The van der Waals surface area contributed by atoms with Crippen molar-refractivity contribution in [1.82, 2.24) is 15.2 Å². The Bertz CT molecular complexity index is 896. The number of rotatable bonds is 3. The van der Waals surface area contributed by atoms with Gasteiger partial charge in [0.25, 0.3) is 5.91 Å². The Morgan fingerprint density at radius 1 is 1.21 bits per heavy atom. The summed E-state index contributed by atoms with van der Waals surface area (Å²) in [5.41, 5.74) is 3.92. The number of amidine groups is 1. The van der Waals surface area contributed by atoms with Crippen LogP contribution in [0.3, 0.4) is 0 Å². The van der Waals surface area contributed by atoms with E-state index in [1.807, 2.05) is 36.5 Å². The Kier molecular flexibility index (Phi) is 5.51. The number of likely N-dealkylation sites (tertiary alicyclic amines) is 1. The van der Waals surface area contributed by atoms with Crippen LogP contribution in [0.5, 0.6) is 0 Å². The van der Waals surface area contributed by atoms with Gasteiger partial charge in [-0.3, -0.25) is 14.8 Å². The number of aliphatic imine (C=N–C) groups is 1. The fourth-order valence-electron chi connectivity index (χ4n) is 3.82. The van der Waals surface area contributed by atoms with Gasteiger partial charge in [-0.25, -0.2) is 0 Å². The van der Waals surface area contributed by atoms with Crippen LogP contribution < -0.4 is 5.32 Å². The number of aryl methyl sites for hydroxylation is 1. The van der Waals surface area contributed by atoms with Crippen molar-refractivity contribution < 1.29 is 4.79 Å². The summed E-state index contributed by atoms with van der Waals surface area (Å²) in [5.74, 6) is 1.09. The SMILES string of the molecule is Cc1ccc(C(=O)NC2CCN(C3=NCCC=C3)CC2)cc1-c1cccnc1.